The molecule has 122 heavy (non-hydrogen) atoms. The van der Waals surface area contributed by atoms with Crippen molar-refractivity contribution >= 4 is 79.3 Å². The molecule has 2 aliphatic heterocycles. The van der Waals surface area contributed by atoms with Gasteiger partial charge in [0.25, 0.3) is 0 Å². The van der Waals surface area contributed by atoms with Crippen LogP contribution in [0.4, 0.5) is 0 Å². The lowest BCUT2D eigenvalue weighted by molar-refractivity contribution is 0.00578. The van der Waals surface area contributed by atoms with Gasteiger partial charge < -0.3 is 18.6 Å². The van der Waals surface area contributed by atoms with Gasteiger partial charge in [-0.1, -0.05) is 237 Å². The van der Waals surface area contributed by atoms with E-state index in [2.05, 4.69) is 324 Å². The molecule has 0 radical (unpaired) electrons. The standard InChI is InChI=1S/C110H94B2N6O4/c1-107(2)108(3,4)120-111(119-107)87-50-54-89(95(68-87)85-62-75(28-24-71-32-40-79(41-33-71)99-20-9-13-56-113-99)60-76(63-85)29-25-72-34-42-80(43-35-72)100-21-10-14-57-114-100)83-48-52-93-97(66-83)91-18-17-19-92-98-67-84(49-53-94(98)106-104(103(91)92)105(93)117-70-118-106)90-55-51-88(112-121-109(5,6)110(7,8)122-112)69-96(90)86-64-77(30-26-73-36-44-81(45-37-73)101-22-11-15-58-115-101)61-78(65-86)31-27-74-38-46-82(47-39-74)102-23-12-16-59-116-102/h9-23,32-70H,24-31H2,1-8H3. The van der Waals surface area contributed by atoms with Gasteiger partial charge in [0.15, 0.2) is 0 Å². The average molecular weight is 1590 g/mol. The molecule has 0 saturated carbocycles. The van der Waals surface area contributed by atoms with E-state index in [9.17, 15) is 0 Å². The Morgan fingerprint density at radius 3 is 0.828 bits per heavy atom. The molecule has 2 aliphatic rings. The van der Waals surface area contributed by atoms with E-state index in [1.807, 2.05) is 73.3 Å². The first-order chi connectivity index (χ1) is 59.3. The zero-order valence-corrected chi connectivity index (χ0v) is 70.3. The number of hydrogen-bond acceptors (Lipinski definition) is 10. The Morgan fingerprint density at radius 1 is 0.221 bits per heavy atom. The lowest BCUT2D eigenvalue weighted by atomic mass is 9.76. The molecular formula is C110H94B2N6O4. The molecule has 0 spiro atoms. The molecule has 12 heteroatoms. The summed E-state index contributed by atoms with van der Waals surface area (Å²) in [6, 6.07) is 109. The third kappa shape index (κ3) is 15.2. The molecular weight excluding hydrogens is 1490 g/mol. The van der Waals surface area contributed by atoms with Gasteiger partial charge in [0.05, 0.1) is 56.2 Å². The molecule has 7 heterocycles. The first-order valence-electron chi connectivity index (χ1n) is 42.9. The summed E-state index contributed by atoms with van der Waals surface area (Å²) < 4.78 is 27.6. The van der Waals surface area contributed by atoms with E-state index in [4.69, 9.17) is 28.6 Å². The number of hydrogen-bond donors (Lipinski definition) is 0. The normalized spacial score (nSPS) is 14.8. The predicted molar refractivity (Wildman–Crippen MR) is 502 cm³/mol. The molecule has 10 nitrogen and oxygen atoms in total. The molecule has 20 rings (SSSR count). The lowest BCUT2D eigenvalue weighted by Crippen LogP contribution is -2.41. The Kier molecular flexibility index (Phi) is 20.3. The summed E-state index contributed by atoms with van der Waals surface area (Å²) in [5, 5.41) is 8.88. The second-order valence-corrected chi connectivity index (χ2v) is 35.2. The minimum absolute atomic E-state index is 0.541. The smallest absolute Gasteiger partial charge is 0.399 e. The Morgan fingerprint density at radius 2 is 0.525 bits per heavy atom. The van der Waals surface area contributed by atoms with E-state index < -0.39 is 36.6 Å². The molecule has 0 atom stereocenters. The van der Waals surface area contributed by atoms with Crippen molar-refractivity contribution in [3.05, 3.63) is 373 Å². The molecule has 2 fully saturated rings. The summed E-state index contributed by atoms with van der Waals surface area (Å²) in [4.78, 5) is 29.1. The maximum absolute atomic E-state index is 6.90. The van der Waals surface area contributed by atoms with E-state index in [0.29, 0.717) is 0 Å². The Hall–Kier alpha value is -12.9. The van der Waals surface area contributed by atoms with Crippen molar-refractivity contribution in [3.63, 3.8) is 0 Å². The molecule has 0 unspecified atom stereocenters. The molecule has 594 valence electrons. The number of nitrogens with zero attached hydrogens (tertiary/aromatic N) is 6. The predicted octanol–water partition coefficient (Wildman–Crippen LogP) is 24.3. The first-order valence-corrected chi connectivity index (χ1v) is 42.9. The Labute approximate surface area is 714 Å². The van der Waals surface area contributed by atoms with Crippen LogP contribution < -0.4 is 10.9 Å². The Bertz CT molecular complexity index is 6280. The molecule has 18 aromatic rings. The van der Waals surface area contributed by atoms with Crippen molar-refractivity contribution in [2.75, 3.05) is 0 Å². The van der Waals surface area contributed by atoms with Gasteiger partial charge >= 0.3 is 14.2 Å². The van der Waals surface area contributed by atoms with Crippen LogP contribution in [-0.4, -0.2) is 66.5 Å². The molecule has 2 saturated heterocycles. The van der Waals surface area contributed by atoms with E-state index in [-0.39, 0.29) is 0 Å². The lowest BCUT2D eigenvalue weighted by Gasteiger charge is -2.32. The number of benzene rings is 13. The minimum atomic E-state index is -0.578. The highest BCUT2D eigenvalue weighted by Gasteiger charge is 2.53. The molecule has 5 aromatic heterocycles. The zero-order chi connectivity index (χ0) is 82.9. The van der Waals surface area contributed by atoms with Gasteiger partial charge in [-0.25, -0.2) is 9.97 Å². The second kappa shape index (κ2) is 31.9. The van der Waals surface area contributed by atoms with Gasteiger partial charge in [-0.05, 0) is 289 Å². The second-order valence-electron chi connectivity index (χ2n) is 35.2. The van der Waals surface area contributed by atoms with Crippen LogP contribution in [0.3, 0.4) is 0 Å². The van der Waals surface area contributed by atoms with Gasteiger partial charge in [-0.2, -0.15) is 0 Å². The number of pyridine rings is 4. The van der Waals surface area contributed by atoms with Gasteiger partial charge in [-0.15, -0.1) is 0 Å². The number of rotatable bonds is 22. The molecule has 0 N–H and O–H groups in total. The summed E-state index contributed by atoms with van der Waals surface area (Å²) in [7, 11) is -1.16. The van der Waals surface area contributed by atoms with Crippen molar-refractivity contribution < 1.29 is 18.6 Å². The average Bonchev–Trinajstić information content (AvgIpc) is 0.774. The summed E-state index contributed by atoms with van der Waals surface area (Å²) in [5.41, 5.74) is 29.0. The highest BCUT2D eigenvalue weighted by Crippen LogP contribution is 2.48. The monoisotopic (exact) mass is 1580 g/mol. The van der Waals surface area contributed by atoms with Gasteiger partial charge in [0.1, 0.15) is 6.33 Å². The maximum atomic E-state index is 6.90. The summed E-state index contributed by atoms with van der Waals surface area (Å²) in [5.74, 6) is 0. The molecule has 0 bridgehead atoms. The summed E-state index contributed by atoms with van der Waals surface area (Å²) in [6.45, 7) is 17.0. The van der Waals surface area contributed by atoms with Crippen LogP contribution in [0.15, 0.2) is 328 Å². The van der Waals surface area contributed by atoms with E-state index in [1.54, 1.807) is 6.33 Å². The maximum Gasteiger partial charge on any atom is 0.494 e. The fraction of sp³-hybridized carbons (Fsp3) is 0.182. The van der Waals surface area contributed by atoms with Crippen LogP contribution in [0.5, 0.6) is 0 Å². The highest BCUT2D eigenvalue weighted by atomic mass is 16.7. The van der Waals surface area contributed by atoms with E-state index in [1.165, 1.54) is 44.5 Å². The minimum Gasteiger partial charge on any atom is -0.399 e. The zero-order valence-electron chi connectivity index (χ0n) is 70.3. The molecule has 13 aromatic carbocycles. The Balaban J connectivity index is 0.705. The van der Waals surface area contributed by atoms with Crippen molar-refractivity contribution in [1.29, 1.82) is 0 Å². The SMILES string of the molecule is CC1(C)OB(c2ccc(-c3ccc4c(c3)c3cccc5c6cc(-c7ccc(B8OC(C)(C)C(C)(C)O8)cc7-c7cc(CCc8ccc(-c9ccccn9)cc8)cc(CCc8ccc(-c9ccccn9)cc8)c7)ccc6c6ncnc4c6c35)c(-c3cc(CCc4ccc(-c5ccccn5)cc4)cc(CCc4ccc(-c5ccccn5)cc4)c3)c2)OC1(C)C. The highest BCUT2D eigenvalue weighted by molar-refractivity contribution is 6.63. The van der Waals surface area contributed by atoms with Crippen LogP contribution >= 0.6 is 0 Å². The number of aryl methyl sites for hydroxylation is 8. The van der Waals surface area contributed by atoms with Crippen molar-refractivity contribution in [1.82, 2.24) is 29.9 Å². The molecule has 0 amide bonds. The molecule has 0 aliphatic carbocycles. The third-order valence-electron chi connectivity index (χ3n) is 26.2. The van der Waals surface area contributed by atoms with Crippen LogP contribution in [0.1, 0.15) is 99.9 Å². The number of aromatic nitrogens is 6. The van der Waals surface area contributed by atoms with E-state index in [0.717, 1.165) is 206 Å². The largest absolute Gasteiger partial charge is 0.494 e. The van der Waals surface area contributed by atoms with E-state index >= 15 is 0 Å². The van der Waals surface area contributed by atoms with Crippen LogP contribution in [0.25, 0.3) is 144 Å². The van der Waals surface area contributed by atoms with Crippen LogP contribution in [0, 0.1) is 0 Å². The summed E-state index contributed by atoms with van der Waals surface area (Å²) >= 11 is 0. The van der Waals surface area contributed by atoms with Crippen molar-refractivity contribution in [2.24, 2.45) is 0 Å². The van der Waals surface area contributed by atoms with Crippen molar-refractivity contribution in [2.45, 2.75) is 129 Å². The van der Waals surface area contributed by atoms with Gasteiger partial charge in [0, 0.05) is 68.6 Å². The summed E-state index contributed by atoms with van der Waals surface area (Å²) in [6.07, 6.45) is 16.1. The van der Waals surface area contributed by atoms with Crippen molar-refractivity contribution in [3.8, 4) is 89.5 Å². The fourth-order valence-corrected chi connectivity index (χ4v) is 18.0. The van der Waals surface area contributed by atoms with Gasteiger partial charge in [0.2, 0.25) is 0 Å². The first kappa shape index (κ1) is 77.7. The van der Waals surface area contributed by atoms with Crippen LogP contribution in [-0.2, 0) is 70.0 Å². The third-order valence-corrected chi connectivity index (χ3v) is 26.2. The van der Waals surface area contributed by atoms with Gasteiger partial charge in [-0.3, -0.25) is 19.9 Å². The topological polar surface area (TPSA) is 114 Å². The fourth-order valence-electron chi connectivity index (χ4n) is 18.0. The van der Waals surface area contributed by atoms with Crippen LogP contribution in [0.2, 0.25) is 0 Å². The number of fused-ring (bicyclic) bond motifs is 6. The quantitative estimate of drug-likeness (QED) is 0.0369.